The average molecular weight is 260 g/mol. The lowest BCUT2D eigenvalue weighted by atomic mass is 10.2. The van der Waals surface area contributed by atoms with E-state index < -0.39 is 0 Å². The van der Waals surface area contributed by atoms with Crippen molar-refractivity contribution >= 4 is 11.7 Å². The number of nitrogens with one attached hydrogen (secondary N) is 2. The highest BCUT2D eigenvalue weighted by atomic mass is 16.5. The Hall–Kier alpha value is -2.37. The largest absolute Gasteiger partial charge is 0.373 e. The van der Waals surface area contributed by atoms with Gasteiger partial charge in [0.25, 0.3) is 5.91 Å². The van der Waals surface area contributed by atoms with Crippen LogP contribution in [0.15, 0.2) is 22.9 Å². The summed E-state index contributed by atoms with van der Waals surface area (Å²) in [7, 11) is 1.78. The molecule has 2 aromatic rings. The Morgan fingerprint density at radius 3 is 2.68 bits per heavy atom. The molecule has 0 aliphatic carbocycles. The van der Waals surface area contributed by atoms with Crippen LogP contribution in [0.3, 0.4) is 0 Å². The fraction of sp³-hybridized carbons (Fsp3) is 0.308. The third kappa shape index (κ3) is 2.90. The van der Waals surface area contributed by atoms with E-state index in [1.54, 1.807) is 19.2 Å². The smallest absolute Gasteiger partial charge is 0.253 e. The van der Waals surface area contributed by atoms with Gasteiger partial charge in [-0.25, -0.2) is 4.98 Å². The average Bonchev–Trinajstić information content (AvgIpc) is 2.75. The summed E-state index contributed by atoms with van der Waals surface area (Å²) in [5.41, 5.74) is 2.22. The quantitative estimate of drug-likeness (QED) is 0.873. The zero-order chi connectivity index (χ0) is 13.8. The molecule has 100 valence electrons. The third-order valence-electron chi connectivity index (χ3n) is 2.89. The first-order valence-corrected chi connectivity index (χ1v) is 5.95. The normalized spacial score (nSPS) is 10.3. The van der Waals surface area contributed by atoms with Crippen molar-refractivity contribution in [3.05, 3.63) is 40.9 Å². The monoisotopic (exact) mass is 260 g/mol. The van der Waals surface area contributed by atoms with E-state index in [1.807, 2.05) is 13.8 Å². The Labute approximate surface area is 111 Å². The Morgan fingerprint density at radius 2 is 2.16 bits per heavy atom. The highest BCUT2D eigenvalue weighted by molar-refractivity contribution is 5.94. The lowest BCUT2D eigenvalue weighted by Gasteiger charge is -2.05. The maximum absolute atomic E-state index is 11.9. The molecule has 0 spiro atoms. The molecule has 2 rings (SSSR count). The van der Waals surface area contributed by atoms with E-state index in [4.69, 9.17) is 4.52 Å². The highest BCUT2D eigenvalue weighted by Crippen LogP contribution is 2.12. The van der Waals surface area contributed by atoms with E-state index in [1.165, 1.54) is 6.20 Å². The minimum atomic E-state index is -0.171. The van der Waals surface area contributed by atoms with Crippen molar-refractivity contribution in [1.82, 2.24) is 15.5 Å². The van der Waals surface area contributed by atoms with Crippen molar-refractivity contribution in [2.75, 3.05) is 12.4 Å². The van der Waals surface area contributed by atoms with Crippen LogP contribution in [0.4, 0.5) is 5.82 Å². The molecular formula is C13H16N4O2. The molecule has 1 amide bonds. The molecule has 0 atom stereocenters. The molecule has 0 fully saturated rings. The van der Waals surface area contributed by atoms with Gasteiger partial charge in [0.1, 0.15) is 11.6 Å². The summed E-state index contributed by atoms with van der Waals surface area (Å²) in [4.78, 5) is 16.0. The first-order chi connectivity index (χ1) is 9.11. The second kappa shape index (κ2) is 5.51. The van der Waals surface area contributed by atoms with Gasteiger partial charge in [0, 0.05) is 25.4 Å². The van der Waals surface area contributed by atoms with E-state index in [9.17, 15) is 4.79 Å². The van der Waals surface area contributed by atoms with Crippen LogP contribution in [-0.2, 0) is 6.54 Å². The van der Waals surface area contributed by atoms with E-state index in [0.717, 1.165) is 22.8 Å². The minimum Gasteiger partial charge on any atom is -0.373 e. The van der Waals surface area contributed by atoms with Gasteiger partial charge < -0.3 is 15.2 Å². The summed E-state index contributed by atoms with van der Waals surface area (Å²) in [5.74, 6) is 1.28. The number of pyridine rings is 1. The third-order valence-corrected chi connectivity index (χ3v) is 2.89. The van der Waals surface area contributed by atoms with Crippen LogP contribution >= 0.6 is 0 Å². The maximum Gasteiger partial charge on any atom is 0.253 e. The Bertz CT molecular complexity index is 555. The summed E-state index contributed by atoms with van der Waals surface area (Å²) in [5, 5.41) is 9.56. The van der Waals surface area contributed by atoms with Gasteiger partial charge >= 0.3 is 0 Å². The zero-order valence-corrected chi connectivity index (χ0v) is 11.2. The molecule has 2 aromatic heterocycles. The molecule has 0 unspecified atom stereocenters. The Morgan fingerprint density at radius 1 is 1.37 bits per heavy atom. The molecule has 0 aromatic carbocycles. The zero-order valence-electron chi connectivity index (χ0n) is 11.2. The number of hydrogen-bond donors (Lipinski definition) is 2. The van der Waals surface area contributed by atoms with Gasteiger partial charge in [-0.2, -0.15) is 0 Å². The number of carbonyl (C=O) groups excluding carboxylic acids is 1. The maximum atomic E-state index is 11.9. The number of carbonyl (C=O) groups is 1. The predicted octanol–water partition coefficient (Wildman–Crippen LogP) is 1.66. The van der Waals surface area contributed by atoms with Crippen LogP contribution in [0.2, 0.25) is 0 Å². The van der Waals surface area contributed by atoms with Gasteiger partial charge in [-0.3, -0.25) is 4.79 Å². The summed E-state index contributed by atoms with van der Waals surface area (Å²) < 4.78 is 5.04. The standard InChI is InChI=1S/C13H16N4O2/c1-8-11(9(2)19-17-8)7-16-13(18)10-4-5-12(14-3)15-6-10/h4-6H,7H2,1-3H3,(H,14,15)(H,16,18). The number of anilines is 1. The van der Waals surface area contributed by atoms with Gasteiger partial charge in [0.2, 0.25) is 0 Å². The summed E-state index contributed by atoms with van der Waals surface area (Å²) in [6.45, 7) is 4.07. The molecule has 0 saturated heterocycles. The molecular weight excluding hydrogens is 244 g/mol. The molecule has 0 radical (unpaired) electrons. The van der Waals surface area contributed by atoms with Crippen LogP contribution in [0.5, 0.6) is 0 Å². The number of aryl methyl sites for hydroxylation is 2. The summed E-state index contributed by atoms with van der Waals surface area (Å²) >= 11 is 0. The lowest BCUT2D eigenvalue weighted by Crippen LogP contribution is -2.23. The van der Waals surface area contributed by atoms with Crippen molar-refractivity contribution in [1.29, 1.82) is 0 Å². The summed E-state index contributed by atoms with van der Waals surface area (Å²) in [6.07, 6.45) is 1.54. The van der Waals surface area contributed by atoms with Crippen LogP contribution in [0.25, 0.3) is 0 Å². The van der Waals surface area contributed by atoms with Gasteiger partial charge in [0.15, 0.2) is 0 Å². The van der Waals surface area contributed by atoms with Gasteiger partial charge in [0.05, 0.1) is 11.3 Å². The van der Waals surface area contributed by atoms with Crippen molar-refractivity contribution in [3.8, 4) is 0 Å². The molecule has 0 saturated carbocycles. The van der Waals surface area contributed by atoms with Gasteiger partial charge in [-0.15, -0.1) is 0 Å². The van der Waals surface area contributed by atoms with Crippen LogP contribution in [-0.4, -0.2) is 23.1 Å². The fourth-order valence-electron chi connectivity index (χ4n) is 1.70. The SMILES string of the molecule is CNc1ccc(C(=O)NCc2c(C)noc2C)cn1. The number of aromatic nitrogens is 2. The van der Waals surface area contributed by atoms with E-state index >= 15 is 0 Å². The molecule has 0 aliphatic rings. The molecule has 6 nitrogen and oxygen atoms in total. The molecule has 2 N–H and O–H groups in total. The van der Waals surface area contributed by atoms with Crippen LogP contribution < -0.4 is 10.6 Å². The first kappa shape index (κ1) is 13.1. The molecule has 2 heterocycles. The topological polar surface area (TPSA) is 80.0 Å². The fourth-order valence-corrected chi connectivity index (χ4v) is 1.70. The lowest BCUT2D eigenvalue weighted by molar-refractivity contribution is 0.0950. The van der Waals surface area contributed by atoms with Crippen LogP contribution in [0.1, 0.15) is 27.4 Å². The number of nitrogens with zero attached hydrogens (tertiary/aromatic N) is 2. The second-order valence-electron chi connectivity index (χ2n) is 4.17. The Kier molecular flexibility index (Phi) is 3.79. The van der Waals surface area contributed by atoms with Crippen molar-refractivity contribution in [2.45, 2.75) is 20.4 Å². The highest BCUT2D eigenvalue weighted by Gasteiger charge is 2.11. The first-order valence-electron chi connectivity index (χ1n) is 5.95. The van der Waals surface area contributed by atoms with Crippen molar-refractivity contribution < 1.29 is 9.32 Å². The second-order valence-corrected chi connectivity index (χ2v) is 4.17. The van der Waals surface area contributed by atoms with Crippen molar-refractivity contribution in [3.63, 3.8) is 0 Å². The number of hydrogen-bond acceptors (Lipinski definition) is 5. The predicted molar refractivity (Wildman–Crippen MR) is 70.9 cm³/mol. The molecule has 6 heteroatoms. The summed E-state index contributed by atoms with van der Waals surface area (Å²) in [6, 6.07) is 3.48. The van der Waals surface area contributed by atoms with E-state index in [0.29, 0.717) is 12.1 Å². The Balaban J connectivity index is 2.01. The van der Waals surface area contributed by atoms with E-state index in [2.05, 4.69) is 20.8 Å². The van der Waals surface area contributed by atoms with Gasteiger partial charge in [-0.05, 0) is 26.0 Å². The minimum absolute atomic E-state index is 0.171. The van der Waals surface area contributed by atoms with Crippen molar-refractivity contribution in [2.24, 2.45) is 0 Å². The molecule has 0 bridgehead atoms. The molecule has 19 heavy (non-hydrogen) atoms. The molecule has 0 aliphatic heterocycles. The van der Waals surface area contributed by atoms with Gasteiger partial charge in [-0.1, -0.05) is 5.16 Å². The number of amides is 1. The van der Waals surface area contributed by atoms with E-state index in [-0.39, 0.29) is 5.91 Å². The number of rotatable bonds is 4. The van der Waals surface area contributed by atoms with Crippen LogP contribution in [0, 0.1) is 13.8 Å².